The number of thioether (sulfide) groups is 1. The number of carbonyl (C=O) groups is 3. The summed E-state index contributed by atoms with van der Waals surface area (Å²) in [5, 5.41) is 8.27. The Morgan fingerprint density at radius 3 is 2.50 bits per heavy atom. The number of carboxylic acid groups (broad SMARTS) is 1. The monoisotopic (exact) mass is 294 g/mol. The van der Waals surface area contributed by atoms with Crippen LogP contribution in [0.25, 0.3) is 0 Å². The van der Waals surface area contributed by atoms with Gasteiger partial charge in [0.05, 0.1) is 6.54 Å². The van der Waals surface area contributed by atoms with E-state index in [1.165, 1.54) is 6.92 Å². The summed E-state index contributed by atoms with van der Waals surface area (Å²) in [4.78, 5) is 34.5. The molecule has 0 saturated carbocycles. The van der Waals surface area contributed by atoms with E-state index in [1.54, 1.807) is 6.92 Å². The van der Waals surface area contributed by atoms with Crippen molar-refractivity contribution in [2.24, 2.45) is 0 Å². The molecule has 0 spiro atoms. The number of quaternary nitrogens is 1. The Bertz CT molecular complexity index is 376. The topological polar surface area (TPSA) is 71.4 Å². The molecule has 2 unspecified atom stereocenters. The SMILES string of the molecule is CC(=O)SCC(Cl)C(=O)[N+]1(C(=O)O)CCC[C@H]1C. The summed E-state index contributed by atoms with van der Waals surface area (Å²) in [5.74, 6) is -0.390. The Morgan fingerprint density at radius 1 is 1.50 bits per heavy atom. The van der Waals surface area contributed by atoms with Gasteiger partial charge in [0.1, 0.15) is 6.04 Å². The second-order valence-corrected chi connectivity index (χ2v) is 6.20. The molecule has 18 heavy (non-hydrogen) atoms. The van der Waals surface area contributed by atoms with E-state index in [1.807, 2.05) is 0 Å². The first-order valence-electron chi connectivity index (χ1n) is 5.75. The van der Waals surface area contributed by atoms with Crippen LogP contribution in [0, 0.1) is 0 Å². The fourth-order valence-electron chi connectivity index (χ4n) is 2.29. The number of hydrogen-bond donors (Lipinski definition) is 1. The zero-order valence-corrected chi connectivity index (χ0v) is 12.0. The quantitative estimate of drug-likeness (QED) is 0.637. The molecule has 0 bridgehead atoms. The maximum atomic E-state index is 12.3. The second-order valence-electron chi connectivity index (χ2n) is 4.47. The van der Waals surface area contributed by atoms with Gasteiger partial charge >= 0.3 is 12.0 Å². The van der Waals surface area contributed by atoms with E-state index in [0.29, 0.717) is 12.8 Å². The van der Waals surface area contributed by atoms with E-state index in [2.05, 4.69) is 0 Å². The predicted molar refractivity (Wildman–Crippen MR) is 69.6 cm³/mol. The lowest BCUT2D eigenvalue weighted by Crippen LogP contribution is -2.61. The minimum atomic E-state index is -1.15. The van der Waals surface area contributed by atoms with Crippen LogP contribution in [0.5, 0.6) is 0 Å². The number of alkyl halides is 1. The molecule has 0 aromatic carbocycles. The van der Waals surface area contributed by atoms with Crippen molar-refractivity contribution in [3.63, 3.8) is 0 Å². The molecule has 0 aliphatic carbocycles. The number of hydrogen-bond acceptors (Lipinski definition) is 4. The molecule has 1 rings (SSSR count). The maximum Gasteiger partial charge on any atom is 0.521 e. The lowest BCUT2D eigenvalue weighted by molar-refractivity contribution is -0.792. The standard InChI is InChI=1S/C11H16ClNO4S/c1-7-4-3-5-13(7,11(16)17)10(15)9(12)6-18-8(2)14/h7,9H,3-6H2,1-2H3/p+1/t7-,9?,13?/m1/s1. The van der Waals surface area contributed by atoms with Crippen molar-refractivity contribution in [3.05, 3.63) is 0 Å². The van der Waals surface area contributed by atoms with Crippen molar-refractivity contribution in [1.29, 1.82) is 0 Å². The van der Waals surface area contributed by atoms with Crippen LogP contribution in [-0.2, 0) is 9.59 Å². The summed E-state index contributed by atoms with van der Waals surface area (Å²) in [6.45, 7) is 3.42. The highest BCUT2D eigenvalue weighted by Crippen LogP contribution is 2.30. The Balaban J connectivity index is 2.84. The normalized spacial score (nSPS) is 28.9. The fraction of sp³-hybridized carbons (Fsp3) is 0.727. The average Bonchev–Trinajstić information content (AvgIpc) is 2.67. The summed E-state index contributed by atoms with van der Waals surface area (Å²) < 4.78 is -0.605. The molecular formula is C11H17ClNO4S+. The van der Waals surface area contributed by atoms with Crippen molar-refractivity contribution >= 4 is 40.5 Å². The van der Waals surface area contributed by atoms with Crippen LogP contribution in [0.15, 0.2) is 0 Å². The van der Waals surface area contributed by atoms with E-state index in [4.69, 9.17) is 11.6 Å². The predicted octanol–water partition coefficient (Wildman–Crippen LogP) is 2.08. The Labute approximate surface area is 115 Å². The highest BCUT2D eigenvalue weighted by Gasteiger charge is 2.54. The molecule has 1 N–H and O–H groups in total. The molecule has 1 aliphatic rings. The first-order chi connectivity index (χ1) is 8.32. The van der Waals surface area contributed by atoms with Crippen molar-refractivity contribution in [3.8, 4) is 0 Å². The van der Waals surface area contributed by atoms with Crippen molar-refractivity contribution in [1.82, 2.24) is 0 Å². The van der Waals surface area contributed by atoms with Crippen molar-refractivity contribution < 1.29 is 24.0 Å². The van der Waals surface area contributed by atoms with Gasteiger partial charge in [0, 0.05) is 25.5 Å². The summed E-state index contributed by atoms with van der Waals surface area (Å²) >= 11 is 6.90. The average molecular weight is 295 g/mol. The van der Waals surface area contributed by atoms with Gasteiger partial charge in [-0.3, -0.25) is 4.79 Å². The number of nitrogens with zero attached hydrogens (tertiary/aromatic N) is 1. The number of imide groups is 1. The molecule has 1 aliphatic heterocycles. The van der Waals surface area contributed by atoms with E-state index in [-0.39, 0.29) is 23.5 Å². The first kappa shape index (κ1) is 15.5. The van der Waals surface area contributed by atoms with Crippen LogP contribution in [-0.4, -0.2) is 50.4 Å². The molecule has 3 atom stereocenters. The van der Waals surface area contributed by atoms with Crippen molar-refractivity contribution in [2.75, 3.05) is 12.3 Å². The lowest BCUT2D eigenvalue weighted by Gasteiger charge is -2.30. The van der Waals surface area contributed by atoms with Crippen LogP contribution >= 0.6 is 23.4 Å². The van der Waals surface area contributed by atoms with Crippen LogP contribution in [0.4, 0.5) is 4.79 Å². The number of likely N-dealkylation sites (tertiary alicyclic amines) is 1. The molecule has 7 heteroatoms. The molecule has 0 aromatic heterocycles. The van der Waals surface area contributed by atoms with Gasteiger partial charge in [-0.05, 0) is 6.92 Å². The van der Waals surface area contributed by atoms with Gasteiger partial charge in [0.25, 0.3) is 0 Å². The molecular weight excluding hydrogens is 278 g/mol. The second kappa shape index (κ2) is 6.04. The molecule has 102 valence electrons. The Kier molecular flexibility index (Phi) is 5.19. The smallest absolute Gasteiger partial charge is 0.435 e. The van der Waals surface area contributed by atoms with E-state index in [9.17, 15) is 19.5 Å². The molecule has 1 heterocycles. The van der Waals surface area contributed by atoms with Gasteiger partial charge in [-0.2, -0.15) is 9.28 Å². The third-order valence-electron chi connectivity index (χ3n) is 3.32. The number of amides is 2. The van der Waals surface area contributed by atoms with Crippen LogP contribution in [0.3, 0.4) is 0 Å². The van der Waals surface area contributed by atoms with E-state index >= 15 is 0 Å². The zero-order valence-electron chi connectivity index (χ0n) is 10.4. The first-order valence-corrected chi connectivity index (χ1v) is 7.17. The summed E-state index contributed by atoms with van der Waals surface area (Å²) in [7, 11) is 0. The van der Waals surface area contributed by atoms with Gasteiger partial charge < -0.3 is 5.11 Å². The van der Waals surface area contributed by atoms with Gasteiger partial charge in [0.15, 0.2) is 10.5 Å². The molecule has 5 nitrogen and oxygen atoms in total. The zero-order chi connectivity index (χ0) is 13.9. The highest BCUT2D eigenvalue weighted by molar-refractivity contribution is 8.13. The Hall–Kier alpha value is -0.590. The van der Waals surface area contributed by atoms with E-state index in [0.717, 1.165) is 11.8 Å². The number of carbonyl (C=O) groups excluding carboxylic acids is 2. The van der Waals surface area contributed by atoms with Gasteiger partial charge in [0.2, 0.25) is 0 Å². The number of halogens is 1. The molecule has 0 aromatic rings. The van der Waals surface area contributed by atoms with Crippen LogP contribution in [0.2, 0.25) is 0 Å². The summed E-state index contributed by atoms with van der Waals surface area (Å²) in [6, 6.07) is -0.265. The highest BCUT2D eigenvalue weighted by atomic mass is 35.5. The van der Waals surface area contributed by atoms with Gasteiger partial charge in [-0.15, -0.1) is 11.6 Å². The minimum absolute atomic E-state index is 0.121. The largest absolute Gasteiger partial charge is 0.521 e. The fourth-order valence-corrected chi connectivity index (χ4v) is 3.18. The van der Waals surface area contributed by atoms with Gasteiger partial charge in [-0.1, -0.05) is 11.8 Å². The van der Waals surface area contributed by atoms with E-state index < -0.39 is 21.9 Å². The molecule has 1 fully saturated rings. The maximum absolute atomic E-state index is 12.3. The third-order valence-corrected chi connectivity index (χ3v) is 4.75. The molecule has 1 saturated heterocycles. The van der Waals surface area contributed by atoms with Crippen LogP contribution < -0.4 is 0 Å². The van der Waals surface area contributed by atoms with Gasteiger partial charge in [-0.25, -0.2) is 4.79 Å². The number of rotatable bonds is 3. The molecule has 0 radical (unpaired) electrons. The minimum Gasteiger partial charge on any atom is -0.435 e. The summed E-state index contributed by atoms with van der Waals surface area (Å²) in [5.41, 5.74) is 0. The van der Waals surface area contributed by atoms with Crippen LogP contribution in [0.1, 0.15) is 26.7 Å². The Morgan fingerprint density at radius 2 is 2.11 bits per heavy atom. The third kappa shape index (κ3) is 2.87. The van der Waals surface area contributed by atoms with Crippen molar-refractivity contribution in [2.45, 2.75) is 38.1 Å². The lowest BCUT2D eigenvalue weighted by atomic mass is 10.2. The summed E-state index contributed by atoms with van der Waals surface area (Å²) in [6.07, 6.45) is 0.243. The molecule has 2 amide bonds.